The number of hydrogen-bond acceptors (Lipinski definition) is 19. The summed E-state index contributed by atoms with van der Waals surface area (Å²) in [4.78, 5) is 81.0. The lowest BCUT2D eigenvalue weighted by Crippen LogP contribution is -2.46. The van der Waals surface area contributed by atoms with Crippen molar-refractivity contribution < 1.29 is 84.3 Å². The number of halogens is 8. The van der Waals surface area contributed by atoms with Crippen molar-refractivity contribution in [3.8, 4) is 97.6 Å². The van der Waals surface area contributed by atoms with Gasteiger partial charge in [-0.2, -0.15) is 0 Å². The van der Waals surface area contributed by atoms with Crippen molar-refractivity contribution in [2.45, 2.75) is 70.3 Å². The van der Waals surface area contributed by atoms with E-state index in [1.54, 1.807) is 165 Å². The number of thiazole rings is 1. The quantitative estimate of drug-likeness (QED) is 0.0498. The number of piperidine rings is 4. The zero-order valence-electron chi connectivity index (χ0n) is 65.3. The number of amides is 5. The number of nitrogens with zero attached hydrogens (tertiary/aromatic N) is 11. The van der Waals surface area contributed by atoms with E-state index in [2.05, 4.69) is 87.0 Å². The zero-order chi connectivity index (χ0) is 88.4. The Kier molecular flexibility index (Phi) is 19.2. The van der Waals surface area contributed by atoms with Gasteiger partial charge in [-0.1, -0.05) is 139 Å². The maximum atomic E-state index is 14.1. The lowest BCUT2D eigenvalue weighted by Gasteiger charge is -2.26. The SMILES string of the molecule is C=C1N(C)C2C(C1(O)C#Cc1cccc(-c3nc(C(N)=O)c(N)s3)c1)C2(F)F.C=C1N(C)C2C(C1(O)C#Cc1cccc(-c3nc(C(N)=O)n4ccc(OC)cc34)c1)C2(F)F.C=C1N(C)C2C(C1(O)C#Cc1cccc(-c3nc(C(N)=O)n4ccccc34)c1)C2(F)F.CN1C(=O)C(O)(C#Cc2cccc(-c3nc(C(N)=O)c4ccccn34)c2)C2C1C2(F)F. The summed E-state index contributed by atoms with van der Waals surface area (Å²) in [6.45, 7) is 11.2. The van der Waals surface area contributed by atoms with Crippen molar-refractivity contribution in [1.82, 2.24) is 52.7 Å². The van der Waals surface area contributed by atoms with Gasteiger partial charge in [0.2, 0.25) is 17.2 Å². The first kappa shape index (κ1) is 82.4. The van der Waals surface area contributed by atoms with Gasteiger partial charge in [-0.3, -0.25) is 37.2 Å². The molecule has 4 aromatic carbocycles. The number of rotatable bonds is 9. The third-order valence-corrected chi connectivity index (χ3v) is 24.3. The van der Waals surface area contributed by atoms with Crippen LogP contribution in [-0.2, 0) is 4.79 Å². The van der Waals surface area contributed by atoms with E-state index in [9.17, 15) is 79.5 Å². The van der Waals surface area contributed by atoms with Crippen LogP contribution >= 0.6 is 11.3 Å². The molecule has 11 heterocycles. The summed E-state index contributed by atoms with van der Waals surface area (Å²) in [7, 11) is 7.21. The van der Waals surface area contributed by atoms with Crippen LogP contribution in [0.3, 0.4) is 0 Å². The lowest BCUT2D eigenvalue weighted by atomic mass is 9.95. The van der Waals surface area contributed by atoms with Gasteiger partial charge < -0.3 is 73.4 Å². The van der Waals surface area contributed by atoms with Gasteiger partial charge >= 0.3 is 0 Å². The van der Waals surface area contributed by atoms with Gasteiger partial charge in [0.05, 0.1) is 69.9 Å². The van der Waals surface area contributed by atoms with E-state index < -0.39 is 123 Å². The van der Waals surface area contributed by atoms with Crippen LogP contribution in [0.5, 0.6) is 5.75 Å². The molecule has 14 N–H and O–H groups in total. The highest BCUT2D eigenvalue weighted by Crippen LogP contribution is 2.67. The number of aliphatic hydroxyl groups is 4. The molecule has 0 bridgehead atoms. The molecule has 624 valence electrons. The Hall–Kier alpha value is -14.3. The molecule has 0 spiro atoms. The molecule has 4 aliphatic carbocycles. The maximum absolute atomic E-state index is 14.1. The minimum atomic E-state index is -3.16. The van der Waals surface area contributed by atoms with E-state index in [-0.39, 0.29) is 45.1 Å². The molecule has 7 aromatic heterocycles. The van der Waals surface area contributed by atoms with E-state index >= 15 is 0 Å². The first-order valence-corrected chi connectivity index (χ1v) is 38.2. The van der Waals surface area contributed by atoms with E-state index in [1.165, 1.54) is 50.0 Å². The molecule has 11 aromatic rings. The highest BCUT2D eigenvalue weighted by molar-refractivity contribution is 7.19. The number of carbonyl (C=O) groups is 5. The summed E-state index contributed by atoms with van der Waals surface area (Å²) in [6.07, 6.45) is 5.06. The molecule has 0 radical (unpaired) electrons. The normalized spacial score (nSPS) is 25.9. The smallest absolute Gasteiger partial charge is 0.285 e. The lowest BCUT2D eigenvalue weighted by molar-refractivity contribution is -0.147. The molecule has 12 atom stereocenters. The predicted octanol–water partition coefficient (Wildman–Crippen LogP) is 7.51. The van der Waals surface area contributed by atoms with E-state index in [4.69, 9.17) is 33.4 Å². The Bertz CT molecular complexity index is 6550. The van der Waals surface area contributed by atoms with Crippen LogP contribution in [0, 0.1) is 71.0 Å². The van der Waals surface area contributed by atoms with Crippen LogP contribution in [-0.4, -0.2) is 208 Å². The van der Waals surface area contributed by atoms with E-state index in [0.29, 0.717) is 89.0 Å². The monoisotopic (exact) mass is 1690 g/mol. The number of alkyl halides is 8. The van der Waals surface area contributed by atoms with E-state index in [1.807, 2.05) is 12.1 Å². The third kappa shape index (κ3) is 13.1. The number of nitrogens with two attached hydrogens (primary N) is 5. The van der Waals surface area contributed by atoms with Crippen molar-refractivity contribution >= 4 is 62.4 Å². The molecule has 26 nitrogen and oxygen atoms in total. The summed E-state index contributed by atoms with van der Waals surface area (Å²) < 4.78 is 122. The number of carbonyl (C=O) groups excluding carboxylic acids is 5. The van der Waals surface area contributed by atoms with Crippen molar-refractivity contribution in [2.24, 2.45) is 46.6 Å². The number of fused-ring (bicyclic) bond motifs is 7. The first-order chi connectivity index (χ1) is 58.0. The van der Waals surface area contributed by atoms with Gasteiger partial charge in [-0.15, -0.1) is 0 Å². The van der Waals surface area contributed by atoms with Gasteiger partial charge in [0.15, 0.2) is 28.2 Å². The fourth-order valence-corrected chi connectivity index (χ4v) is 17.7. The van der Waals surface area contributed by atoms with Gasteiger partial charge in [-0.05, 0) is 78.9 Å². The number of benzene rings is 4. The van der Waals surface area contributed by atoms with Crippen molar-refractivity contribution in [2.75, 3.05) is 41.0 Å². The maximum Gasteiger partial charge on any atom is 0.285 e. The summed E-state index contributed by atoms with van der Waals surface area (Å²) in [5.74, 6) is 1.26. The van der Waals surface area contributed by atoms with Gasteiger partial charge in [0.1, 0.15) is 51.7 Å². The van der Waals surface area contributed by atoms with Crippen LogP contribution in [0.25, 0.3) is 61.0 Å². The molecule has 35 heteroatoms. The highest BCUT2D eigenvalue weighted by Gasteiger charge is 2.86. The molecule has 8 fully saturated rings. The standard InChI is InChI=1S/C24H20F2N4O3.C23H18F2N4O2.C22H16F2N4O3.C19H16F2N4O2S/c1-13-23(32,19-20(29(13)2)24(19,25)26)9-7-14-5-4-6-15(11-14)18-17-12-16(33-3)8-10-30(17)22(28-18)21(27)31;1-13-22(31,18-19(28(13)2)23(18,24)25)10-9-14-6-5-7-15(12-14)17-16-8-3-4-11-29(16)21(27-17)20(26)30;1-27-17-16(22(17,23)24)21(31,20(27)30)9-8-12-5-4-6-13(11-12)19-26-15(18(25)29)14-7-2-3-10-28(14)19;1-9-18(27,13-14(25(9)2)19(13,20)21)7-6-10-4-3-5-11(8-10)17-24-12(15(22)26)16(23)28-17/h4-6,8,10-12,19-20,32H,1H2,2-3H3,(H2,27,31);3-8,11-12,18-19,31H,1H2,2H3,(H2,26,30);2-7,10-11,16-17,31H,1H3,(H2,25,29);3-5,8,13-14,27H,1,23H2,2H3,(H2,22,26). The second-order valence-electron chi connectivity index (χ2n) is 30.6. The molecular formula is C88H70F8N16O10S. The largest absolute Gasteiger partial charge is 0.497 e. The molecular weight excluding hydrogens is 1630 g/mol. The molecule has 5 amide bonds. The first-order valence-electron chi connectivity index (χ1n) is 37.4. The Morgan fingerprint density at radius 2 is 0.805 bits per heavy atom. The predicted molar refractivity (Wildman–Crippen MR) is 434 cm³/mol. The second kappa shape index (κ2) is 28.7. The summed E-state index contributed by atoms with van der Waals surface area (Å²) >= 11 is 1.10. The number of likely N-dealkylation sites (N-methyl/N-ethyl adjacent to an activating group) is 4. The molecule has 19 rings (SSSR count). The number of anilines is 1. The van der Waals surface area contributed by atoms with Crippen LogP contribution in [0.15, 0.2) is 201 Å². The Balaban J connectivity index is 0.000000122. The van der Waals surface area contributed by atoms with Crippen LogP contribution in [0.4, 0.5) is 40.1 Å². The number of primary amides is 4. The number of aromatic nitrogens is 7. The molecule has 4 aliphatic heterocycles. The fourth-order valence-electron chi connectivity index (χ4n) is 16.8. The second-order valence-corrected chi connectivity index (χ2v) is 31.7. The van der Waals surface area contributed by atoms with Crippen molar-refractivity contribution in [3.05, 3.63) is 246 Å². The molecule has 8 aliphatic rings. The average Bonchev–Trinajstić information content (AvgIpc) is 1.52. The number of ether oxygens (including phenoxy) is 1. The molecule has 4 saturated carbocycles. The minimum absolute atomic E-state index is 0.00176. The Labute approximate surface area is 697 Å². The summed E-state index contributed by atoms with van der Waals surface area (Å²) in [6, 6.07) is 36.8. The van der Waals surface area contributed by atoms with Crippen LogP contribution < -0.4 is 33.4 Å². The Morgan fingerprint density at radius 1 is 0.431 bits per heavy atom. The Morgan fingerprint density at radius 3 is 1.22 bits per heavy atom. The molecule has 12 unspecified atom stereocenters. The number of imidazole rings is 3. The summed E-state index contributed by atoms with van der Waals surface area (Å²) in [5, 5.41) is 43.8. The number of hydrogen-bond donors (Lipinski definition) is 9. The summed E-state index contributed by atoms with van der Waals surface area (Å²) in [5.41, 5.74) is 26.8. The zero-order valence-corrected chi connectivity index (χ0v) is 66.1. The molecule has 4 saturated heterocycles. The number of methoxy groups -OCH3 is 1. The van der Waals surface area contributed by atoms with Gasteiger partial charge in [0, 0.05) is 97.4 Å². The average molecular weight is 1700 g/mol. The van der Waals surface area contributed by atoms with Crippen molar-refractivity contribution in [1.29, 1.82) is 0 Å². The number of likely N-dealkylation sites (tertiary alicyclic amines) is 4. The number of nitrogen functional groups attached to an aromatic ring is 1. The highest BCUT2D eigenvalue weighted by atomic mass is 32.1. The van der Waals surface area contributed by atoms with Gasteiger partial charge in [0.25, 0.3) is 53.2 Å². The van der Waals surface area contributed by atoms with E-state index in [0.717, 1.165) is 16.2 Å². The van der Waals surface area contributed by atoms with Gasteiger partial charge in [-0.25, -0.2) is 55.1 Å². The fraction of sp³-hybridized carbons (Fsp3) is 0.239. The van der Waals surface area contributed by atoms with Crippen molar-refractivity contribution in [3.63, 3.8) is 0 Å². The third-order valence-electron chi connectivity index (χ3n) is 23.4. The van der Waals surface area contributed by atoms with Crippen LogP contribution in [0.2, 0.25) is 0 Å². The molecule has 123 heavy (non-hydrogen) atoms. The van der Waals surface area contributed by atoms with Crippen LogP contribution in [0.1, 0.15) is 64.5 Å². The topological polar surface area (TPSA) is 383 Å². The number of pyridine rings is 3. The minimum Gasteiger partial charge on any atom is -0.497 e.